The molecule has 0 spiro atoms. The first-order valence-electron chi connectivity index (χ1n) is 7.39. The first-order chi connectivity index (χ1) is 10.5. The van der Waals surface area contributed by atoms with Crippen molar-refractivity contribution in [2.75, 3.05) is 0 Å². The maximum atomic E-state index is 3.19. The van der Waals surface area contributed by atoms with E-state index in [2.05, 4.69) is 61.8 Å². The van der Waals surface area contributed by atoms with Crippen molar-refractivity contribution in [1.82, 2.24) is 0 Å². The smallest absolute Gasteiger partial charge is 0.0249 e. The van der Waals surface area contributed by atoms with Crippen LogP contribution in [0, 0.1) is 37.5 Å². The summed E-state index contributed by atoms with van der Waals surface area (Å²) in [5, 5.41) is 0. The van der Waals surface area contributed by atoms with E-state index in [0.717, 1.165) is 22.3 Å². The third kappa shape index (κ3) is 4.69. The minimum Gasteiger partial charge on any atom is -0.0655 e. The minimum atomic E-state index is 1.01. The van der Waals surface area contributed by atoms with Gasteiger partial charge in [-0.15, -0.1) is 0 Å². The Balaban J connectivity index is 2.16. The van der Waals surface area contributed by atoms with Crippen LogP contribution in [0.1, 0.15) is 36.1 Å². The summed E-state index contributed by atoms with van der Waals surface area (Å²) in [6.45, 7) is 8.18. The lowest BCUT2D eigenvalue weighted by molar-refractivity contribution is 1.42. The molecule has 0 nitrogen and oxygen atoms in total. The molecule has 0 fully saturated rings. The predicted octanol–water partition coefficient (Wildman–Crippen LogP) is 5.04. The fourth-order valence-electron chi connectivity index (χ4n) is 1.79. The molecule has 0 atom stereocenters. The number of hydrogen-bond acceptors (Lipinski definition) is 0. The molecule has 0 bridgehead atoms. The largest absolute Gasteiger partial charge is 0.0655 e. The van der Waals surface area contributed by atoms with Gasteiger partial charge in [-0.25, -0.2) is 0 Å². The van der Waals surface area contributed by atoms with Crippen molar-refractivity contribution in [3.63, 3.8) is 0 Å². The van der Waals surface area contributed by atoms with E-state index in [4.69, 9.17) is 0 Å². The second-order valence-electron chi connectivity index (χ2n) is 5.48. The summed E-state index contributed by atoms with van der Waals surface area (Å²) in [4.78, 5) is 0. The summed E-state index contributed by atoms with van der Waals surface area (Å²) < 4.78 is 0. The summed E-state index contributed by atoms with van der Waals surface area (Å²) in [7, 11) is 0. The van der Waals surface area contributed by atoms with Crippen LogP contribution in [-0.2, 0) is 0 Å². The highest BCUT2D eigenvalue weighted by Crippen LogP contribution is 2.05. The summed E-state index contributed by atoms with van der Waals surface area (Å²) in [6, 6.07) is 16.5. The van der Waals surface area contributed by atoms with Gasteiger partial charge < -0.3 is 0 Å². The van der Waals surface area contributed by atoms with Crippen molar-refractivity contribution in [2.24, 2.45) is 0 Å². The number of benzene rings is 2. The van der Waals surface area contributed by atoms with E-state index in [1.54, 1.807) is 0 Å². The molecule has 0 aromatic heterocycles. The Hall–Kier alpha value is -2.70. The van der Waals surface area contributed by atoms with Crippen LogP contribution < -0.4 is 0 Å². The standard InChI is InChI=1S/C22H20/c1-17-5-11-21(12-6-17)15-9-19(3)20(4)10-16-22-13-7-18(2)8-14-22/h5-8,11-14H,1-4H3/b20-19+. The lowest BCUT2D eigenvalue weighted by Gasteiger charge is -1.94. The topological polar surface area (TPSA) is 0 Å². The van der Waals surface area contributed by atoms with Gasteiger partial charge in [0, 0.05) is 22.3 Å². The summed E-state index contributed by atoms with van der Waals surface area (Å²) in [5.41, 5.74) is 6.59. The zero-order chi connectivity index (χ0) is 15.9. The Bertz CT molecular complexity index is 721. The average molecular weight is 284 g/mol. The van der Waals surface area contributed by atoms with Gasteiger partial charge in [-0.1, -0.05) is 59.1 Å². The van der Waals surface area contributed by atoms with E-state index in [-0.39, 0.29) is 0 Å². The first kappa shape index (κ1) is 15.7. The van der Waals surface area contributed by atoms with E-state index in [9.17, 15) is 0 Å². The molecule has 22 heavy (non-hydrogen) atoms. The number of allylic oxidation sites excluding steroid dienone is 2. The van der Waals surface area contributed by atoms with Gasteiger partial charge in [0.1, 0.15) is 0 Å². The number of rotatable bonds is 0. The maximum Gasteiger partial charge on any atom is 0.0249 e. The highest BCUT2D eigenvalue weighted by Gasteiger charge is 1.91. The number of aryl methyl sites for hydroxylation is 2. The van der Waals surface area contributed by atoms with Crippen molar-refractivity contribution < 1.29 is 0 Å². The van der Waals surface area contributed by atoms with Gasteiger partial charge in [-0.3, -0.25) is 0 Å². The second-order valence-corrected chi connectivity index (χ2v) is 5.48. The molecule has 0 saturated heterocycles. The lowest BCUT2D eigenvalue weighted by atomic mass is 10.1. The van der Waals surface area contributed by atoms with E-state index in [1.165, 1.54) is 11.1 Å². The van der Waals surface area contributed by atoms with Gasteiger partial charge in [0.15, 0.2) is 0 Å². The van der Waals surface area contributed by atoms with Crippen LogP contribution in [0.5, 0.6) is 0 Å². The van der Waals surface area contributed by atoms with Crippen molar-refractivity contribution in [3.05, 3.63) is 81.9 Å². The molecule has 0 aliphatic heterocycles. The van der Waals surface area contributed by atoms with Gasteiger partial charge in [0.25, 0.3) is 0 Å². The van der Waals surface area contributed by atoms with E-state index in [1.807, 2.05) is 38.1 Å². The van der Waals surface area contributed by atoms with Crippen LogP contribution in [0.4, 0.5) is 0 Å². The Morgan fingerprint density at radius 3 is 1.23 bits per heavy atom. The van der Waals surface area contributed by atoms with Crippen LogP contribution in [-0.4, -0.2) is 0 Å². The Kier molecular flexibility index (Phi) is 5.24. The molecule has 0 amide bonds. The SMILES string of the molecule is C/C(C#Cc1ccc(C)cc1)=C(/C)C#Cc1ccc(C)cc1. The Morgan fingerprint density at radius 1 is 0.591 bits per heavy atom. The quantitative estimate of drug-likeness (QED) is 0.594. The second kappa shape index (κ2) is 7.35. The van der Waals surface area contributed by atoms with Gasteiger partial charge in [-0.2, -0.15) is 0 Å². The van der Waals surface area contributed by atoms with E-state index in [0.29, 0.717) is 0 Å². The fraction of sp³-hybridized carbons (Fsp3) is 0.182. The maximum absolute atomic E-state index is 3.19. The minimum absolute atomic E-state index is 1.01. The Labute approximate surface area is 133 Å². The normalized spacial score (nSPS) is 10.7. The third-order valence-electron chi connectivity index (χ3n) is 3.45. The highest BCUT2D eigenvalue weighted by molar-refractivity contribution is 5.48. The highest BCUT2D eigenvalue weighted by atomic mass is 13.9. The predicted molar refractivity (Wildman–Crippen MR) is 94.5 cm³/mol. The van der Waals surface area contributed by atoms with Crippen molar-refractivity contribution in [2.45, 2.75) is 27.7 Å². The fourth-order valence-corrected chi connectivity index (χ4v) is 1.79. The monoisotopic (exact) mass is 284 g/mol. The summed E-state index contributed by atoms with van der Waals surface area (Å²) in [6.07, 6.45) is 0. The number of hydrogen-bond donors (Lipinski definition) is 0. The van der Waals surface area contributed by atoms with Gasteiger partial charge in [-0.05, 0) is 52.0 Å². The molecule has 0 saturated carbocycles. The molecular weight excluding hydrogens is 264 g/mol. The van der Waals surface area contributed by atoms with E-state index >= 15 is 0 Å². The molecule has 108 valence electrons. The van der Waals surface area contributed by atoms with E-state index < -0.39 is 0 Å². The van der Waals surface area contributed by atoms with Gasteiger partial charge in [0.2, 0.25) is 0 Å². The molecule has 0 radical (unpaired) electrons. The molecule has 0 aliphatic carbocycles. The van der Waals surface area contributed by atoms with Gasteiger partial charge in [0.05, 0.1) is 0 Å². The Morgan fingerprint density at radius 2 is 0.909 bits per heavy atom. The summed E-state index contributed by atoms with van der Waals surface area (Å²) >= 11 is 0. The molecule has 2 aromatic carbocycles. The van der Waals surface area contributed by atoms with Crippen molar-refractivity contribution in [1.29, 1.82) is 0 Å². The van der Waals surface area contributed by atoms with Crippen molar-refractivity contribution >= 4 is 0 Å². The molecule has 0 aliphatic rings. The third-order valence-corrected chi connectivity index (χ3v) is 3.45. The molecule has 2 rings (SSSR count). The first-order valence-corrected chi connectivity index (χ1v) is 7.39. The molecule has 2 aromatic rings. The molecule has 0 heterocycles. The molecule has 0 N–H and O–H groups in total. The zero-order valence-corrected chi connectivity index (χ0v) is 13.6. The van der Waals surface area contributed by atoms with Crippen molar-refractivity contribution in [3.8, 4) is 23.7 Å². The zero-order valence-electron chi connectivity index (χ0n) is 13.6. The summed E-state index contributed by atoms with van der Waals surface area (Å²) in [5.74, 6) is 12.7. The average Bonchev–Trinajstić information content (AvgIpc) is 2.53. The lowest BCUT2D eigenvalue weighted by Crippen LogP contribution is -1.80. The van der Waals surface area contributed by atoms with Gasteiger partial charge >= 0.3 is 0 Å². The molecule has 0 heteroatoms. The molecular formula is C22H20. The molecule has 0 unspecified atom stereocenters. The van der Waals surface area contributed by atoms with Crippen LogP contribution in [0.15, 0.2) is 59.7 Å². The van der Waals surface area contributed by atoms with Crippen LogP contribution in [0.25, 0.3) is 0 Å². The van der Waals surface area contributed by atoms with Crippen LogP contribution >= 0.6 is 0 Å². The van der Waals surface area contributed by atoms with Crippen LogP contribution in [0.3, 0.4) is 0 Å². The van der Waals surface area contributed by atoms with Crippen LogP contribution in [0.2, 0.25) is 0 Å².